The summed E-state index contributed by atoms with van der Waals surface area (Å²) in [5.74, 6) is 0.454. The van der Waals surface area contributed by atoms with Crippen LogP contribution in [0.1, 0.15) is 37.0 Å². The second-order valence-corrected chi connectivity index (χ2v) is 6.62. The molecule has 0 saturated carbocycles. The van der Waals surface area contributed by atoms with Gasteiger partial charge >= 0.3 is 5.97 Å². The Kier molecular flexibility index (Phi) is 7.11. The molecule has 1 saturated heterocycles. The van der Waals surface area contributed by atoms with Gasteiger partial charge in [0.2, 0.25) is 0 Å². The lowest BCUT2D eigenvalue weighted by Gasteiger charge is -2.31. The number of rotatable bonds is 6. The first kappa shape index (κ1) is 19.6. The number of benzene rings is 1. The molecule has 1 heterocycles. The number of carbonyl (C=O) groups excluding carboxylic acids is 2. The number of methoxy groups -OCH3 is 1. The quantitative estimate of drug-likeness (QED) is 0.669. The molecule has 1 atom stereocenters. The number of amides is 1. The van der Waals surface area contributed by atoms with E-state index in [1.807, 2.05) is 6.92 Å². The number of hydrogen-bond acceptors (Lipinski definition) is 5. The lowest BCUT2D eigenvalue weighted by Crippen LogP contribution is -2.42. The minimum Gasteiger partial charge on any atom is -0.493 e. The van der Waals surface area contributed by atoms with Crippen molar-refractivity contribution < 1.29 is 23.8 Å². The number of nitrogens with zero attached hydrogens (tertiary/aromatic N) is 1. The maximum atomic E-state index is 12.9. The first-order valence-corrected chi connectivity index (χ1v) is 9.27. The van der Waals surface area contributed by atoms with Crippen molar-refractivity contribution in [2.45, 2.75) is 26.7 Å². The maximum Gasteiger partial charge on any atom is 0.310 e. The van der Waals surface area contributed by atoms with E-state index in [1.54, 1.807) is 24.0 Å². The zero-order valence-corrected chi connectivity index (χ0v) is 16.4. The van der Waals surface area contributed by atoms with E-state index in [9.17, 15) is 9.59 Å². The number of esters is 1. The van der Waals surface area contributed by atoms with Crippen molar-refractivity contribution in [2.75, 3.05) is 33.4 Å². The Morgan fingerprint density at radius 2 is 2.04 bits per heavy atom. The molecule has 0 N–H and O–H groups in total. The van der Waals surface area contributed by atoms with Gasteiger partial charge in [-0.3, -0.25) is 9.59 Å². The highest BCUT2D eigenvalue weighted by Gasteiger charge is 2.30. The molecule has 25 heavy (non-hydrogen) atoms. The third kappa shape index (κ3) is 4.66. The van der Waals surface area contributed by atoms with Crippen LogP contribution in [0.15, 0.2) is 16.6 Å². The van der Waals surface area contributed by atoms with Crippen LogP contribution in [0.5, 0.6) is 11.5 Å². The minimum atomic E-state index is -0.259. The van der Waals surface area contributed by atoms with Crippen LogP contribution in [-0.2, 0) is 9.53 Å². The van der Waals surface area contributed by atoms with E-state index in [-0.39, 0.29) is 17.8 Å². The molecule has 1 fully saturated rings. The summed E-state index contributed by atoms with van der Waals surface area (Å²) in [6.45, 7) is 5.52. The first-order valence-electron chi connectivity index (χ1n) is 8.48. The van der Waals surface area contributed by atoms with Gasteiger partial charge in [-0.25, -0.2) is 0 Å². The summed E-state index contributed by atoms with van der Waals surface area (Å²) in [5, 5.41) is 0. The Labute approximate surface area is 156 Å². The monoisotopic (exact) mass is 413 g/mol. The van der Waals surface area contributed by atoms with Crippen LogP contribution in [0.25, 0.3) is 0 Å². The Balaban J connectivity index is 2.19. The third-order valence-electron chi connectivity index (χ3n) is 4.09. The van der Waals surface area contributed by atoms with Gasteiger partial charge in [-0.05, 0) is 54.8 Å². The summed E-state index contributed by atoms with van der Waals surface area (Å²) in [5.41, 5.74) is 0.497. The molecule has 0 bridgehead atoms. The highest BCUT2D eigenvalue weighted by molar-refractivity contribution is 9.10. The van der Waals surface area contributed by atoms with Crippen LogP contribution in [-0.4, -0.2) is 50.2 Å². The summed E-state index contributed by atoms with van der Waals surface area (Å²) in [4.78, 5) is 26.5. The summed E-state index contributed by atoms with van der Waals surface area (Å²) in [6.07, 6.45) is 1.53. The molecule has 2 rings (SSSR count). The smallest absolute Gasteiger partial charge is 0.310 e. The zero-order chi connectivity index (χ0) is 18.4. The van der Waals surface area contributed by atoms with E-state index in [0.717, 1.165) is 12.8 Å². The second-order valence-electron chi connectivity index (χ2n) is 5.76. The molecule has 0 aliphatic carbocycles. The lowest BCUT2D eigenvalue weighted by atomic mass is 9.97. The van der Waals surface area contributed by atoms with Crippen LogP contribution < -0.4 is 9.47 Å². The standard InChI is InChI=1S/C18H24BrNO5/c1-4-24-16-14(19)9-13(10-15(16)23-3)17(21)20-8-6-7-12(11-20)18(22)25-5-2/h9-10,12H,4-8,11H2,1-3H3/t12-/m0/s1. The van der Waals surface area contributed by atoms with E-state index in [1.165, 1.54) is 7.11 Å². The second kappa shape index (κ2) is 9.08. The predicted molar refractivity (Wildman–Crippen MR) is 97.1 cm³/mol. The van der Waals surface area contributed by atoms with Gasteiger partial charge < -0.3 is 19.1 Å². The van der Waals surface area contributed by atoms with Crippen LogP contribution in [0, 0.1) is 5.92 Å². The van der Waals surface area contributed by atoms with E-state index < -0.39 is 0 Å². The van der Waals surface area contributed by atoms with Crippen molar-refractivity contribution in [3.63, 3.8) is 0 Å². The molecule has 0 aromatic heterocycles. The average Bonchev–Trinajstić information content (AvgIpc) is 2.63. The molecule has 138 valence electrons. The normalized spacial score (nSPS) is 17.1. The molecular weight excluding hydrogens is 390 g/mol. The predicted octanol–water partition coefficient (Wildman–Crippen LogP) is 3.27. The Bertz CT molecular complexity index is 634. The molecule has 1 amide bonds. The average molecular weight is 414 g/mol. The van der Waals surface area contributed by atoms with Gasteiger partial charge in [0.1, 0.15) is 0 Å². The number of piperidine rings is 1. The van der Waals surface area contributed by atoms with Crippen LogP contribution in [0.2, 0.25) is 0 Å². The van der Waals surface area contributed by atoms with Gasteiger partial charge in [-0.15, -0.1) is 0 Å². The Morgan fingerprint density at radius 1 is 1.28 bits per heavy atom. The largest absolute Gasteiger partial charge is 0.493 e. The van der Waals surface area contributed by atoms with E-state index in [0.29, 0.717) is 47.8 Å². The van der Waals surface area contributed by atoms with Gasteiger partial charge in [0.15, 0.2) is 11.5 Å². The van der Waals surface area contributed by atoms with Crippen LogP contribution >= 0.6 is 15.9 Å². The molecule has 7 heteroatoms. The van der Waals surface area contributed by atoms with E-state index >= 15 is 0 Å². The molecule has 1 aliphatic heterocycles. The first-order chi connectivity index (χ1) is 12.0. The number of carbonyl (C=O) groups is 2. The van der Waals surface area contributed by atoms with Crippen molar-refractivity contribution >= 4 is 27.8 Å². The fourth-order valence-electron chi connectivity index (χ4n) is 2.92. The SMILES string of the molecule is CCOC(=O)[C@H]1CCCN(C(=O)c2cc(Br)c(OCC)c(OC)c2)C1. The van der Waals surface area contributed by atoms with Crippen LogP contribution in [0.4, 0.5) is 0 Å². The summed E-state index contributed by atoms with van der Waals surface area (Å²) >= 11 is 3.44. The van der Waals surface area contributed by atoms with Crippen molar-refractivity contribution in [3.8, 4) is 11.5 Å². The molecule has 0 unspecified atom stereocenters. The number of ether oxygens (including phenoxy) is 3. The fraction of sp³-hybridized carbons (Fsp3) is 0.556. The molecular formula is C18H24BrNO5. The highest BCUT2D eigenvalue weighted by Crippen LogP contribution is 2.37. The van der Waals surface area contributed by atoms with Gasteiger partial charge in [0, 0.05) is 18.7 Å². The van der Waals surface area contributed by atoms with E-state index in [2.05, 4.69) is 15.9 Å². The fourth-order valence-corrected chi connectivity index (χ4v) is 3.48. The Morgan fingerprint density at radius 3 is 2.68 bits per heavy atom. The summed E-state index contributed by atoms with van der Waals surface area (Å²) in [7, 11) is 1.54. The molecule has 1 aromatic rings. The molecule has 1 aromatic carbocycles. The minimum absolute atomic E-state index is 0.129. The van der Waals surface area contributed by atoms with E-state index in [4.69, 9.17) is 14.2 Å². The lowest BCUT2D eigenvalue weighted by molar-refractivity contribution is -0.149. The molecule has 0 spiro atoms. The molecule has 0 radical (unpaired) electrons. The van der Waals surface area contributed by atoms with Crippen molar-refractivity contribution in [1.82, 2.24) is 4.90 Å². The number of halogens is 1. The molecule has 1 aliphatic rings. The maximum absolute atomic E-state index is 12.9. The van der Waals surface area contributed by atoms with Gasteiger partial charge in [0.25, 0.3) is 5.91 Å². The number of likely N-dealkylation sites (tertiary alicyclic amines) is 1. The van der Waals surface area contributed by atoms with Crippen LogP contribution in [0.3, 0.4) is 0 Å². The number of hydrogen-bond donors (Lipinski definition) is 0. The topological polar surface area (TPSA) is 65.1 Å². The summed E-state index contributed by atoms with van der Waals surface area (Å²) in [6, 6.07) is 3.40. The van der Waals surface area contributed by atoms with Gasteiger partial charge in [-0.2, -0.15) is 0 Å². The molecule has 6 nitrogen and oxygen atoms in total. The van der Waals surface area contributed by atoms with Crippen molar-refractivity contribution in [2.24, 2.45) is 5.92 Å². The van der Waals surface area contributed by atoms with Gasteiger partial charge in [0.05, 0.1) is 30.7 Å². The van der Waals surface area contributed by atoms with Crippen molar-refractivity contribution in [3.05, 3.63) is 22.2 Å². The van der Waals surface area contributed by atoms with Gasteiger partial charge in [-0.1, -0.05) is 0 Å². The summed E-state index contributed by atoms with van der Waals surface area (Å²) < 4.78 is 16.7. The Hall–Kier alpha value is -1.76. The zero-order valence-electron chi connectivity index (χ0n) is 14.8. The third-order valence-corrected chi connectivity index (χ3v) is 4.68. The van der Waals surface area contributed by atoms with Crippen molar-refractivity contribution in [1.29, 1.82) is 0 Å². The highest BCUT2D eigenvalue weighted by atomic mass is 79.9.